The Morgan fingerprint density at radius 1 is 1.33 bits per heavy atom. The van der Waals surface area contributed by atoms with Crippen LogP contribution >= 0.6 is 11.3 Å². The van der Waals surface area contributed by atoms with E-state index in [9.17, 15) is 9.59 Å². The van der Waals surface area contributed by atoms with Crippen LogP contribution in [0.25, 0.3) is 0 Å². The highest BCUT2D eigenvalue weighted by molar-refractivity contribution is 7.11. The van der Waals surface area contributed by atoms with Crippen molar-refractivity contribution in [1.82, 2.24) is 15.2 Å². The predicted octanol–water partition coefficient (Wildman–Crippen LogP) is 2.25. The van der Waals surface area contributed by atoms with Gasteiger partial charge in [-0.05, 0) is 26.2 Å². The van der Waals surface area contributed by atoms with Crippen molar-refractivity contribution >= 4 is 23.2 Å². The summed E-state index contributed by atoms with van der Waals surface area (Å²) >= 11 is 1.58. The van der Waals surface area contributed by atoms with Crippen LogP contribution in [0.15, 0.2) is 6.20 Å². The number of thiazole rings is 1. The number of hydrogen-bond donors (Lipinski definition) is 1. The maximum atomic E-state index is 12.9. The van der Waals surface area contributed by atoms with Gasteiger partial charge < -0.3 is 10.2 Å². The fourth-order valence-corrected chi connectivity index (χ4v) is 3.65. The molecule has 5 nitrogen and oxygen atoms in total. The van der Waals surface area contributed by atoms with Gasteiger partial charge in [0, 0.05) is 11.1 Å². The van der Waals surface area contributed by atoms with E-state index in [2.05, 4.69) is 10.3 Å². The lowest BCUT2D eigenvalue weighted by Gasteiger charge is -2.45. The third-order valence-corrected chi connectivity index (χ3v) is 5.18. The Kier molecular flexibility index (Phi) is 4.66. The van der Waals surface area contributed by atoms with Crippen LogP contribution in [-0.2, 0) is 16.1 Å². The van der Waals surface area contributed by atoms with E-state index in [0.717, 1.165) is 9.88 Å². The third kappa shape index (κ3) is 2.81. The van der Waals surface area contributed by atoms with E-state index in [1.54, 1.807) is 16.2 Å². The molecule has 116 valence electrons. The number of hydrogen-bond acceptors (Lipinski definition) is 4. The first-order valence-electron chi connectivity index (χ1n) is 7.51. The van der Waals surface area contributed by atoms with Crippen LogP contribution in [-0.4, -0.2) is 33.3 Å². The second-order valence-electron chi connectivity index (χ2n) is 5.50. The summed E-state index contributed by atoms with van der Waals surface area (Å²) in [6.45, 7) is 8.23. The van der Waals surface area contributed by atoms with Crippen LogP contribution in [0.2, 0.25) is 0 Å². The lowest BCUT2D eigenvalue weighted by molar-refractivity contribution is -0.156. The Morgan fingerprint density at radius 2 is 2.00 bits per heavy atom. The van der Waals surface area contributed by atoms with E-state index in [0.29, 0.717) is 25.8 Å². The van der Waals surface area contributed by atoms with Crippen LogP contribution in [0, 0.1) is 6.92 Å². The second kappa shape index (κ2) is 6.13. The largest absolute Gasteiger partial charge is 0.340 e. The lowest BCUT2D eigenvalue weighted by Crippen LogP contribution is -2.69. The number of carbonyl (C=O) groups is 2. The molecule has 1 N–H and O–H groups in total. The number of nitrogens with one attached hydrogen (secondary N) is 1. The standard InChI is InChI=1S/C15H23N3O2S/c1-5-11-13(19)17-15(6-2,7-3)14(20)18(11)9-12-16-8-10(4)21-12/h8,11H,5-7,9H2,1-4H3,(H,17,19). The molecule has 2 amide bonds. The lowest BCUT2D eigenvalue weighted by atomic mass is 9.86. The normalized spacial score (nSPS) is 21.5. The molecule has 6 heteroatoms. The summed E-state index contributed by atoms with van der Waals surface area (Å²) in [7, 11) is 0. The molecule has 1 unspecified atom stereocenters. The molecule has 2 rings (SSSR count). The van der Waals surface area contributed by atoms with E-state index in [1.807, 2.05) is 33.9 Å². The van der Waals surface area contributed by atoms with Crippen LogP contribution in [0.4, 0.5) is 0 Å². The van der Waals surface area contributed by atoms with Gasteiger partial charge in [-0.25, -0.2) is 4.98 Å². The number of rotatable bonds is 5. The molecule has 1 atom stereocenters. The first-order chi connectivity index (χ1) is 9.97. The molecule has 0 spiro atoms. The van der Waals surface area contributed by atoms with Gasteiger partial charge in [0.05, 0.1) is 6.54 Å². The maximum absolute atomic E-state index is 12.9. The highest BCUT2D eigenvalue weighted by atomic mass is 32.1. The minimum absolute atomic E-state index is 0.0202. The first-order valence-corrected chi connectivity index (χ1v) is 8.33. The number of amides is 2. The fraction of sp³-hybridized carbons (Fsp3) is 0.667. The number of piperazine rings is 1. The smallest absolute Gasteiger partial charge is 0.249 e. The molecule has 0 bridgehead atoms. The second-order valence-corrected chi connectivity index (χ2v) is 6.82. The molecule has 1 aromatic rings. The summed E-state index contributed by atoms with van der Waals surface area (Å²) < 4.78 is 0. The van der Waals surface area contributed by atoms with Crippen molar-refractivity contribution in [3.8, 4) is 0 Å². The zero-order chi connectivity index (χ0) is 15.6. The van der Waals surface area contributed by atoms with Crippen molar-refractivity contribution in [3.63, 3.8) is 0 Å². The zero-order valence-corrected chi connectivity index (χ0v) is 13.9. The van der Waals surface area contributed by atoms with E-state index >= 15 is 0 Å². The summed E-state index contributed by atoms with van der Waals surface area (Å²) in [5, 5.41) is 3.84. The molecule has 21 heavy (non-hydrogen) atoms. The molecule has 0 saturated carbocycles. The molecular weight excluding hydrogens is 286 g/mol. The van der Waals surface area contributed by atoms with Gasteiger partial charge in [0.2, 0.25) is 11.8 Å². The monoisotopic (exact) mass is 309 g/mol. The van der Waals surface area contributed by atoms with E-state index < -0.39 is 11.6 Å². The predicted molar refractivity (Wildman–Crippen MR) is 82.9 cm³/mol. The quantitative estimate of drug-likeness (QED) is 0.907. The van der Waals surface area contributed by atoms with Crippen LogP contribution in [0.3, 0.4) is 0 Å². The zero-order valence-electron chi connectivity index (χ0n) is 13.1. The summed E-state index contributed by atoms with van der Waals surface area (Å²) in [4.78, 5) is 32.5. The number of carbonyl (C=O) groups excluding carboxylic acids is 2. The van der Waals surface area contributed by atoms with Crippen LogP contribution in [0.1, 0.15) is 49.9 Å². The maximum Gasteiger partial charge on any atom is 0.249 e. The number of aromatic nitrogens is 1. The number of nitrogens with zero attached hydrogens (tertiary/aromatic N) is 2. The van der Waals surface area contributed by atoms with E-state index in [4.69, 9.17) is 0 Å². The van der Waals surface area contributed by atoms with Crippen molar-refractivity contribution < 1.29 is 9.59 Å². The van der Waals surface area contributed by atoms with E-state index in [1.165, 1.54) is 0 Å². The Balaban J connectivity index is 2.32. The van der Waals surface area contributed by atoms with Gasteiger partial charge >= 0.3 is 0 Å². The van der Waals surface area contributed by atoms with Gasteiger partial charge in [-0.3, -0.25) is 9.59 Å². The topological polar surface area (TPSA) is 62.3 Å². The molecule has 1 aliphatic rings. The molecular formula is C15H23N3O2S. The van der Waals surface area contributed by atoms with Crippen molar-refractivity contribution in [2.75, 3.05) is 0 Å². The van der Waals surface area contributed by atoms with Gasteiger partial charge in [0.15, 0.2) is 0 Å². The molecule has 1 aliphatic heterocycles. The van der Waals surface area contributed by atoms with Crippen molar-refractivity contribution in [1.29, 1.82) is 0 Å². The Hall–Kier alpha value is -1.43. The molecule has 2 heterocycles. The number of aryl methyl sites for hydroxylation is 1. The van der Waals surface area contributed by atoms with Gasteiger partial charge in [-0.15, -0.1) is 11.3 Å². The Morgan fingerprint density at radius 3 is 2.48 bits per heavy atom. The summed E-state index contributed by atoms with van der Waals surface area (Å²) in [5.74, 6) is -0.0270. The summed E-state index contributed by atoms with van der Waals surface area (Å²) in [5.41, 5.74) is -0.755. The first kappa shape index (κ1) is 15.9. The van der Waals surface area contributed by atoms with Crippen LogP contribution < -0.4 is 5.32 Å². The van der Waals surface area contributed by atoms with Gasteiger partial charge in [0.25, 0.3) is 0 Å². The van der Waals surface area contributed by atoms with Gasteiger partial charge in [-0.2, -0.15) is 0 Å². The molecule has 0 radical (unpaired) electrons. The van der Waals surface area contributed by atoms with Crippen molar-refractivity contribution in [2.24, 2.45) is 0 Å². The van der Waals surface area contributed by atoms with Gasteiger partial charge in [0.1, 0.15) is 16.6 Å². The highest BCUT2D eigenvalue weighted by Gasteiger charge is 2.48. The third-order valence-electron chi connectivity index (χ3n) is 4.28. The minimum atomic E-state index is -0.755. The van der Waals surface area contributed by atoms with Gasteiger partial charge in [-0.1, -0.05) is 20.8 Å². The molecule has 0 aliphatic carbocycles. The SMILES string of the molecule is CCC1C(=O)NC(CC)(CC)C(=O)N1Cc1ncc(C)s1. The molecule has 1 aromatic heterocycles. The molecule has 1 fully saturated rings. The highest BCUT2D eigenvalue weighted by Crippen LogP contribution is 2.28. The molecule has 0 aromatic carbocycles. The summed E-state index contributed by atoms with van der Waals surface area (Å²) in [6, 6.07) is -0.395. The minimum Gasteiger partial charge on any atom is -0.340 e. The van der Waals surface area contributed by atoms with Crippen LogP contribution in [0.5, 0.6) is 0 Å². The van der Waals surface area contributed by atoms with E-state index in [-0.39, 0.29) is 11.8 Å². The molecule has 1 saturated heterocycles. The Bertz CT molecular complexity index is 537. The average molecular weight is 309 g/mol. The summed E-state index contributed by atoms with van der Waals surface area (Å²) in [6.07, 6.45) is 3.64. The van der Waals surface area contributed by atoms with Crippen molar-refractivity contribution in [3.05, 3.63) is 16.1 Å². The average Bonchev–Trinajstić information content (AvgIpc) is 2.88. The fourth-order valence-electron chi connectivity index (χ4n) is 2.87. The Labute approximate surface area is 129 Å². The van der Waals surface area contributed by atoms with Crippen molar-refractivity contribution in [2.45, 2.75) is 65.1 Å².